The second-order valence-electron chi connectivity index (χ2n) is 8.07. The molecule has 0 aliphatic carbocycles. The molecule has 0 saturated carbocycles. The van der Waals surface area contributed by atoms with Crippen LogP contribution in [0.25, 0.3) is 0 Å². The van der Waals surface area contributed by atoms with E-state index >= 15 is 0 Å². The van der Waals surface area contributed by atoms with Crippen molar-refractivity contribution in [2.75, 3.05) is 0 Å². The number of carbonyl (C=O) groups is 3. The topological polar surface area (TPSA) is 134 Å². The molecule has 8 heteroatoms. The van der Waals surface area contributed by atoms with Crippen molar-refractivity contribution in [3.8, 4) is 11.5 Å². The first kappa shape index (κ1) is 21.3. The van der Waals surface area contributed by atoms with Gasteiger partial charge in [0.15, 0.2) is 5.78 Å². The lowest BCUT2D eigenvalue weighted by atomic mass is 9.88. The molecule has 1 unspecified atom stereocenters. The molecule has 0 radical (unpaired) electrons. The molecule has 0 aromatic heterocycles. The zero-order valence-corrected chi connectivity index (χ0v) is 17.1. The Balaban J connectivity index is 1.95. The first-order valence-electron chi connectivity index (χ1n) is 9.54. The van der Waals surface area contributed by atoms with E-state index in [1.54, 1.807) is 45.0 Å². The normalized spacial score (nSPS) is 15.8. The molecule has 1 heterocycles. The third kappa shape index (κ3) is 4.60. The molecule has 8 nitrogen and oxygen atoms in total. The zero-order chi connectivity index (χ0) is 22.1. The van der Waals surface area contributed by atoms with Gasteiger partial charge in [-0.05, 0) is 32.9 Å². The minimum atomic E-state index is -1.20. The van der Waals surface area contributed by atoms with Crippen molar-refractivity contribution in [3.63, 3.8) is 0 Å². The molecule has 0 bridgehead atoms. The average Bonchev–Trinajstić information content (AvgIpc) is 2.64. The summed E-state index contributed by atoms with van der Waals surface area (Å²) in [6, 6.07) is 10.4. The van der Waals surface area contributed by atoms with E-state index in [1.807, 2.05) is 18.2 Å². The number of hydrogen-bond donors (Lipinski definition) is 3. The second-order valence-corrected chi connectivity index (χ2v) is 8.07. The SMILES string of the molecule is CC(C)(C)OC(=O)N[C@@H](CC(N)=O)C(=O)c1cccc2c1C(N)c1ccccc1O2. The summed E-state index contributed by atoms with van der Waals surface area (Å²) in [5.74, 6) is -0.181. The number of fused-ring (bicyclic) bond motifs is 2. The van der Waals surface area contributed by atoms with E-state index in [1.165, 1.54) is 0 Å². The first-order valence-corrected chi connectivity index (χ1v) is 9.54. The average molecular weight is 411 g/mol. The number of nitrogens with one attached hydrogen (secondary N) is 1. The fourth-order valence-electron chi connectivity index (χ4n) is 3.32. The number of ether oxygens (including phenoxy) is 2. The molecule has 0 fully saturated rings. The Hall–Kier alpha value is -3.39. The minimum absolute atomic E-state index is 0.247. The van der Waals surface area contributed by atoms with Gasteiger partial charge in [-0.2, -0.15) is 0 Å². The maximum Gasteiger partial charge on any atom is 0.408 e. The van der Waals surface area contributed by atoms with Crippen LogP contribution < -0.4 is 21.5 Å². The standard InChI is InChI=1S/C22H25N3O5/c1-22(2,3)30-21(28)25-14(11-17(23)26)20(27)13-8-6-10-16-18(13)19(24)12-7-4-5-9-15(12)29-16/h4-10,14,19H,11,24H2,1-3H3,(H2,23,26)(H,25,28)/t14-,19?/m0/s1. The van der Waals surface area contributed by atoms with E-state index in [9.17, 15) is 14.4 Å². The van der Waals surface area contributed by atoms with Crippen LogP contribution in [0.3, 0.4) is 0 Å². The summed E-state index contributed by atoms with van der Waals surface area (Å²) in [5, 5.41) is 2.45. The summed E-state index contributed by atoms with van der Waals surface area (Å²) < 4.78 is 11.1. The largest absolute Gasteiger partial charge is 0.457 e. The fraction of sp³-hybridized carbons (Fsp3) is 0.318. The highest BCUT2D eigenvalue weighted by atomic mass is 16.6. The highest BCUT2D eigenvalue weighted by Crippen LogP contribution is 2.43. The summed E-state index contributed by atoms with van der Waals surface area (Å²) in [4.78, 5) is 37.1. The molecular formula is C22H25N3O5. The number of alkyl carbamates (subject to hydrolysis) is 1. The number of benzene rings is 2. The van der Waals surface area contributed by atoms with Crippen LogP contribution in [-0.4, -0.2) is 29.4 Å². The number of rotatable bonds is 5. The predicted molar refractivity (Wildman–Crippen MR) is 110 cm³/mol. The third-order valence-corrected chi connectivity index (χ3v) is 4.53. The van der Waals surface area contributed by atoms with Gasteiger partial charge in [0.25, 0.3) is 0 Å². The third-order valence-electron chi connectivity index (χ3n) is 4.53. The van der Waals surface area contributed by atoms with Gasteiger partial charge in [-0.3, -0.25) is 9.59 Å². The number of ketones is 1. The lowest BCUT2D eigenvalue weighted by Gasteiger charge is -2.28. The molecular weight excluding hydrogens is 386 g/mol. The molecule has 2 aromatic rings. The van der Waals surface area contributed by atoms with Crippen LogP contribution in [0.15, 0.2) is 42.5 Å². The molecule has 0 spiro atoms. The van der Waals surface area contributed by atoms with Crippen LogP contribution in [-0.2, 0) is 9.53 Å². The monoisotopic (exact) mass is 411 g/mol. The minimum Gasteiger partial charge on any atom is -0.457 e. The van der Waals surface area contributed by atoms with E-state index in [0.29, 0.717) is 17.1 Å². The summed E-state index contributed by atoms with van der Waals surface area (Å²) in [6.45, 7) is 5.08. The van der Waals surface area contributed by atoms with Gasteiger partial charge in [0.05, 0.1) is 12.5 Å². The summed E-state index contributed by atoms with van der Waals surface area (Å²) >= 11 is 0. The van der Waals surface area contributed by atoms with E-state index in [0.717, 1.165) is 5.56 Å². The number of primary amides is 1. The lowest BCUT2D eigenvalue weighted by molar-refractivity contribution is -0.118. The fourth-order valence-corrected chi connectivity index (χ4v) is 3.32. The van der Waals surface area contributed by atoms with Crippen LogP contribution in [0.4, 0.5) is 4.79 Å². The molecule has 5 N–H and O–H groups in total. The molecule has 2 atom stereocenters. The van der Waals surface area contributed by atoms with Crippen molar-refractivity contribution in [2.24, 2.45) is 11.5 Å². The van der Waals surface area contributed by atoms with Crippen LogP contribution in [0.5, 0.6) is 11.5 Å². The first-order chi connectivity index (χ1) is 14.1. The van der Waals surface area contributed by atoms with Gasteiger partial charge in [0, 0.05) is 16.7 Å². The maximum absolute atomic E-state index is 13.3. The Bertz CT molecular complexity index is 997. The molecule has 1 aliphatic rings. The lowest BCUT2D eigenvalue weighted by Crippen LogP contribution is -2.45. The van der Waals surface area contributed by atoms with Crippen molar-refractivity contribution in [2.45, 2.75) is 44.9 Å². The van der Waals surface area contributed by atoms with Crippen molar-refractivity contribution in [1.29, 1.82) is 0 Å². The Morgan fingerprint density at radius 2 is 1.77 bits per heavy atom. The molecule has 0 saturated heterocycles. The number of carbonyl (C=O) groups excluding carboxylic acids is 3. The Morgan fingerprint density at radius 1 is 1.10 bits per heavy atom. The van der Waals surface area contributed by atoms with Crippen LogP contribution >= 0.6 is 0 Å². The van der Waals surface area contributed by atoms with Gasteiger partial charge < -0.3 is 26.3 Å². The summed E-state index contributed by atoms with van der Waals surface area (Å²) in [5.41, 5.74) is 12.5. The highest BCUT2D eigenvalue weighted by molar-refractivity contribution is 6.05. The van der Waals surface area contributed by atoms with E-state index in [4.69, 9.17) is 20.9 Å². The zero-order valence-electron chi connectivity index (χ0n) is 17.1. The Labute approximate surface area is 174 Å². The summed E-state index contributed by atoms with van der Waals surface area (Å²) in [7, 11) is 0. The molecule has 1 aliphatic heterocycles. The summed E-state index contributed by atoms with van der Waals surface area (Å²) in [6.07, 6.45) is -1.20. The highest BCUT2D eigenvalue weighted by Gasteiger charge is 2.33. The van der Waals surface area contributed by atoms with Crippen molar-refractivity contribution in [3.05, 3.63) is 59.2 Å². The van der Waals surface area contributed by atoms with Gasteiger partial charge in [0.1, 0.15) is 23.1 Å². The van der Waals surface area contributed by atoms with Gasteiger partial charge in [0.2, 0.25) is 5.91 Å². The molecule has 2 aromatic carbocycles. The van der Waals surface area contributed by atoms with Crippen molar-refractivity contribution in [1.82, 2.24) is 5.32 Å². The quantitative estimate of drug-likeness (QED) is 0.648. The molecule has 30 heavy (non-hydrogen) atoms. The van der Waals surface area contributed by atoms with E-state index in [2.05, 4.69) is 5.32 Å². The Morgan fingerprint density at radius 3 is 2.43 bits per heavy atom. The van der Waals surface area contributed by atoms with Crippen LogP contribution in [0, 0.1) is 0 Å². The second kappa shape index (κ2) is 8.16. The van der Waals surface area contributed by atoms with Gasteiger partial charge >= 0.3 is 6.09 Å². The van der Waals surface area contributed by atoms with Crippen molar-refractivity contribution < 1.29 is 23.9 Å². The number of hydrogen-bond acceptors (Lipinski definition) is 6. The van der Waals surface area contributed by atoms with Gasteiger partial charge in [-0.15, -0.1) is 0 Å². The maximum atomic E-state index is 13.3. The van der Waals surface area contributed by atoms with Gasteiger partial charge in [-0.1, -0.05) is 30.3 Å². The predicted octanol–water partition coefficient (Wildman–Crippen LogP) is 2.79. The van der Waals surface area contributed by atoms with E-state index < -0.39 is 35.5 Å². The number of amides is 2. The van der Waals surface area contributed by atoms with Crippen molar-refractivity contribution >= 4 is 17.8 Å². The molecule has 2 amide bonds. The van der Waals surface area contributed by atoms with Gasteiger partial charge in [-0.25, -0.2) is 4.79 Å². The Kier molecular flexibility index (Phi) is 5.80. The van der Waals surface area contributed by atoms with Crippen LogP contribution in [0.2, 0.25) is 0 Å². The smallest absolute Gasteiger partial charge is 0.408 e. The van der Waals surface area contributed by atoms with E-state index in [-0.39, 0.29) is 12.0 Å². The number of Topliss-reactive ketones (excluding diaryl/α,β-unsaturated/α-hetero) is 1. The molecule has 158 valence electrons. The number of para-hydroxylation sites is 1. The molecule has 3 rings (SSSR count). The number of nitrogens with two attached hydrogens (primary N) is 2. The van der Waals surface area contributed by atoms with Crippen LogP contribution in [0.1, 0.15) is 54.7 Å².